The number of aryl methyl sites for hydroxylation is 1. The Kier molecular flexibility index (Phi) is 3.08. The molecule has 5 nitrogen and oxygen atoms in total. The summed E-state index contributed by atoms with van der Waals surface area (Å²) in [5.41, 5.74) is 1.83. The molecule has 2 aromatic heterocycles. The average Bonchev–Trinajstić information content (AvgIpc) is 2.80. The van der Waals surface area contributed by atoms with Crippen LogP contribution in [0.2, 0.25) is 0 Å². The van der Waals surface area contributed by atoms with E-state index in [4.69, 9.17) is 4.52 Å². The molecule has 0 unspecified atom stereocenters. The van der Waals surface area contributed by atoms with E-state index in [1.54, 1.807) is 0 Å². The summed E-state index contributed by atoms with van der Waals surface area (Å²) in [6.45, 7) is 6.20. The average molecular weight is 232 g/mol. The van der Waals surface area contributed by atoms with E-state index in [0.29, 0.717) is 11.9 Å². The predicted octanol–water partition coefficient (Wildman–Crippen LogP) is 2.28. The van der Waals surface area contributed by atoms with Crippen molar-refractivity contribution < 1.29 is 4.52 Å². The van der Waals surface area contributed by atoms with Crippen LogP contribution < -0.4 is 4.90 Å². The molecule has 2 rings (SSSR count). The number of anilines is 1. The van der Waals surface area contributed by atoms with Crippen LogP contribution in [0.4, 0.5) is 5.82 Å². The van der Waals surface area contributed by atoms with Crippen LogP contribution in [-0.4, -0.2) is 28.2 Å². The predicted molar refractivity (Wildman–Crippen MR) is 65.8 cm³/mol. The summed E-state index contributed by atoms with van der Waals surface area (Å²) < 4.78 is 5.06. The standard InChI is InChI=1S/C12H16N4O/c1-8(2)16(4)11-6-10(5-9(3)15-11)12-13-7-14-17-12/h5-8H,1-4H3. The summed E-state index contributed by atoms with van der Waals surface area (Å²) >= 11 is 0. The van der Waals surface area contributed by atoms with Crippen molar-refractivity contribution in [3.05, 3.63) is 24.2 Å². The molecule has 0 radical (unpaired) electrons. The molecule has 0 fully saturated rings. The number of aromatic nitrogens is 3. The van der Waals surface area contributed by atoms with E-state index in [9.17, 15) is 0 Å². The van der Waals surface area contributed by atoms with Gasteiger partial charge in [0.15, 0.2) is 6.33 Å². The van der Waals surface area contributed by atoms with Gasteiger partial charge < -0.3 is 9.42 Å². The maximum Gasteiger partial charge on any atom is 0.257 e. The lowest BCUT2D eigenvalue weighted by molar-refractivity contribution is 0.430. The molecule has 2 aromatic rings. The van der Waals surface area contributed by atoms with Crippen molar-refractivity contribution in [3.63, 3.8) is 0 Å². The van der Waals surface area contributed by atoms with Crippen molar-refractivity contribution in [2.24, 2.45) is 0 Å². The number of nitrogens with zero attached hydrogens (tertiary/aromatic N) is 4. The summed E-state index contributed by atoms with van der Waals surface area (Å²) in [6, 6.07) is 4.28. The molecule has 0 atom stereocenters. The van der Waals surface area contributed by atoms with Gasteiger partial charge in [0, 0.05) is 24.3 Å². The first kappa shape index (κ1) is 11.6. The Morgan fingerprint density at radius 3 is 2.65 bits per heavy atom. The van der Waals surface area contributed by atoms with E-state index in [1.165, 1.54) is 6.33 Å². The Morgan fingerprint density at radius 1 is 1.29 bits per heavy atom. The third-order valence-corrected chi connectivity index (χ3v) is 2.68. The summed E-state index contributed by atoms with van der Waals surface area (Å²) in [6.07, 6.45) is 1.40. The first-order valence-electron chi connectivity index (χ1n) is 5.56. The molecule has 5 heteroatoms. The molecule has 90 valence electrons. The minimum Gasteiger partial charge on any atom is -0.357 e. The molecule has 0 amide bonds. The van der Waals surface area contributed by atoms with E-state index in [2.05, 4.69) is 33.9 Å². The van der Waals surface area contributed by atoms with Crippen LogP contribution in [-0.2, 0) is 0 Å². The van der Waals surface area contributed by atoms with Crippen LogP contribution in [0.3, 0.4) is 0 Å². The maximum absolute atomic E-state index is 5.06. The minimum atomic E-state index is 0.389. The van der Waals surface area contributed by atoms with Crippen molar-refractivity contribution in [2.75, 3.05) is 11.9 Å². The molecular formula is C12H16N4O. The summed E-state index contributed by atoms with van der Waals surface area (Å²) in [5, 5.41) is 3.62. The van der Waals surface area contributed by atoms with Gasteiger partial charge >= 0.3 is 0 Å². The van der Waals surface area contributed by atoms with Gasteiger partial charge in [0.1, 0.15) is 5.82 Å². The van der Waals surface area contributed by atoms with Gasteiger partial charge in [0.25, 0.3) is 5.89 Å². The monoisotopic (exact) mass is 232 g/mol. The zero-order chi connectivity index (χ0) is 12.4. The molecular weight excluding hydrogens is 216 g/mol. The van der Waals surface area contributed by atoms with Crippen LogP contribution in [0.15, 0.2) is 23.0 Å². The quantitative estimate of drug-likeness (QED) is 0.812. The van der Waals surface area contributed by atoms with Gasteiger partial charge in [-0.2, -0.15) is 4.98 Å². The van der Waals surface area contributed by atoms with Crippen LogP contribution in [0.1, 0.15) is 19.5 Å². The smallest absolute Gasteiger partial charge is 0.257 e. The molecule has 0 aliphatic heterocycles. The number of hydrogen-bond acceptors (Lipinski definition) is 5. The largest absolute Gasteiger partial charge is 0.357 e. The number of hydrogen-bond donors (Lipinski definition) is 0. The number of rotatable bonds is 3. The van der Waals surface area contributed by atoms with Gasteiger partial charge in [-0.05, 0) is 32.9 Å². The summed E-state index contributed by atoms with van der Waals surface area (Å²) in [7, 11) is 2.02. The first-order valence-corrected chi connectivity index (χ1v) is 5.56. The molecule has 17 heavy (non-hydrogen) atoms. The molecule has 0 aliphatic carbocycles. The topological polar surface area (TPSA) is 55.1 Å². The summed E-state index contributed by atoms with van der Waals surface area (Å²) in [4.78, 5) is 10.7. The summed E-state index contributed by atoms with van der Waals surface area (Å²) in [5.74, 6) is 1.43. The van der Waals surface area contributed by atoms with Crippen molar-refractivity contribution in [1.82, 2.24) is 15.1 Å². The van der Waals surface area contributed by atoms with Crippen molar-refractivity contribution in [1.29, 1.82) is 0 Å². The van der Waals surface area contributed by atoms with Crippen LogP contribution in [0, 0.1) is 6.92 Å². The lowest BCUT2D eigenvalue weighted by atomic mass is 10.2. The molecule has 0 aliphatic rings. The zero-order valence-electron chi connectivity index (χ0n) is 10.5. The van der Waals surface area contributed by atoms with Crippen LogP contribution in [0.25, 0.3) is 11.5 Å². The minimum absolute atomic E-state index is 0.389. The lowest BCUT2D eigenvalue weighted by Gasteiger charge is -2.23. The fourth-order valence-corrected chi connectivity index (χ4v) is 1.52. The van der Waals surface area contributed by atoms with Crippen molar-refractivity contribution >= 4 is 5.82 Å². The second-order valence-corrected chi connectivity index (χ2v) is 4.31. The molecule has 0 saturated carbocycles. The highest BCUT2D eigenvalue weighted by Crippen LogP contribution is 2.22. The molecule has 0 saturated heterocycles. The fraction of sp³-hybridized carbons (Fsp3) is 0.417. The fourth-order valence-electron chi connectivity index (χ4n) is 1.52. The van der Waals surface area contributed by atoms with Crippen molar-refractivity contribution in [2.45, 2.75) is 26.8 Å². The van der Waals surface area contributed by atoms with Gasteiger partial charge in [-0.3, -0.25) is 0 Å². The molecule has 0 N–H and O–H groups in total. The van der Waals surface area contributed by atoms with Crippen LogP contribution in [0.5, 0.6) is 0 Å². The Labute approximate surface area is 100 Å². The van der Waals surface area contributed by atoms with E-state index in [0.717, 1.165) is 17.1 Å². The lowest BCUT2D eigenvalue weighted by Crippen LogP contribution is -2.26. The van der Waals surface area contributed by atoms with E-state index in [1.807, 2.05) is 26.1 Å². The molecule has 0 spiro atoms. The second-order valence-electron chi connectivity index (χ2n) is 4.31. The SMILES string of the molecule is Cc1cc(-c2ncno2)cc(N(C)C(C)C)n1. The first-order chi connectivity index (χ1) is 8.08. The van der Waals surface area contributed by atoms with E-state index < -0.39 is 0 Å². The maximum atomic E-state index is 5.06. The van der Waals surface area contributed by atoms with Crippen LogP contribution >= 0.6 is 0 Å². The van der Waals surface area contributed by atoms with E-state index in [-0.39, 0.29) is 0 Å². The molecule has 0 aromatic carbocycles. The molecule has 2 heterocycles. The zero-order valence-corrected chi connectivity index (χ0v) is 10.5. The highest BCUT2D eigenvalue weighted by atomic mass is 16.5. The Bertz CT molecular complexity index is 493. The van der Waals surface area contributed by atoms with Gasteiger partial charge in [-0.15, -0.1) is 0 Å². The van der Waals surface area contributed by atoms with Gasteiger partial charge in [-0.1, -0.05) is 5.16 Å². The number of pyridine rings is 1. The highest BCUT2D eigenvalue weighted by molar-refractivity contribution is 5.59. The normalized spacial score (nSPS) is 10.9. The Balaban J connectivity index is 2.43. The third-order valence-electron chi connectivity index (χ3n) is 2.68. The van der Waals surface area contributed by atoms with Gasteiger partial charge in [0.05, 0.1) is 0 Å². The van der Waals surface area contributed by atoms with Gasteiger partial charge in [0.2, 0.25) is 0 Å². The Hall–Kier alpha value is -1.91. The highest BCUT2D eigenvalue weighted by Gasteiger charge is 2.11. The van der Waals surface area contributed by atoms with Gasteiger partial charge in [-0.25, -0.2) is 4.98 Å². The second kappa shape index (κ2) is 4.53. The Morgan fingerprint density at radius 2 is 2.06 bits per heavy atom. The van der Waals surface area contributed by atoms with Crippen molar-refractivity contribution in [3.8, 4) is 11.5 Å². The molecule has 0 bridgehead atoms. The third kappa shape index (κ3) is 2.43. The van der Waals surface area contributed by atoms with E-state index >= 15 is 0 Å².